The van der Waals surface area contributed by atoms with Crippen molar-refractivity contribution in [2.45, 2.75) is 20.5 Å². The highest BCUT2D eigenvalue weighted by Crippen LogP contribution is 2.29. The van der Waals surface area contributed by atoms with Gasteiger partial charge in [-0.2, -0.15) is 0 Å². The van der Waals surface area contributed by atoms with Crippen LogP contribution in [0.25, 0.3) is 21.5 Å². The molecule has 4 heteroatoms. The molecule has 136 valence electrons. The molecule has 0 unspecified atom stereocenters. The smallest absolute Gasteiger partial charge is 0.338 e. The molecule has 0 bridgehead atoms. The van der Waals surface area contributed by atoms with Gasteiger partial charge >= 0.3 is 11.9 Å². The highest BCUT2D eigenvalue weighted by atomic mass is 16.5. The summed E-state index contributed by atoms with van der Waals surface area (Å²) in [4.78, 5) is 23.2. The summed E-state index contributed by atoms with van der Waals surface area (Å²) in [6, 6.07) is 15.4. The molecule has 0 saturated carbocycles. The lowest BCUT2D eigenvalue weighted by Gasteiger charge is -2.09. The van der Waals surface area contributed by atoms with Gasteiger partial charge in [-0.1, -0.05) is 43.5 Å². The van der Waals surface area contributed by atoms with E-state index < -0.39 is 11.9 Å². The number of benzene rings is 3. The van der Waals surface area contributed by atoms with E-state index in [1.165, 1.54) is 0 Å². The van der Waals surface area contributed by atoms with Gasteiger partial charge in [0.15, 0.2) is 0 Å². The second-order valence-electron chi connectivity index (χ2n) is 6.53. The van der Waals surface area contributed by atoms with E-state index in [-0.39, 0.29) is 6.61 Å². The van der Waals surface area contributed by atoms with Crippen LogP contribution in [0.5, 0.6) is 5.75 Å². The Morgan fingerprint density at radius 3 is 2.04 bits per heavy atom. The Balaban J connectivity index is 1.90. The molecule has 3 aromatic carbocycles. The summed E-state index contributed by atoms with van der Waals surface area (Å²) < 4.78 is 10.5. The Kier molecular flexibility index (Phi) is 5.08. The maximum Gasteiger partial charge on any atom is 0.338 e. The molecule has 4 nitrogen and oxygen atoms in total. The van der Waals surface area contributed by atoms with Crippen molar-refractivity contribution in [1.82, 2.24) is 0 Å². The number of ether oxygens (including phenoxy) is 2. The molecule has 0 atom stereocenters. The summed E-state index contributed by atoms with van der Waals surface area (Å²) in [5.41, 5.74) is 1.64. The summed E-state index contributed by atoms with van der Waals surface area (Å²) in [6.45, 7) is 10.6. The van der Waals surface area contributed by atoms with Crippen molar-refractivity contribution in [2.75, 3.05) is 0 Å². The number of hydrogen-bond donors (Lipinski definition) is 0. The minimum Gasteiger partial charge on any atom is -0.457 e. The largest absolute Gasteiger partial charge is 0.457 e. The quantitative estimate of drug-likeness (QED) is 0.275. The highest BCUT2D eigenvalue weighted by molar-refractivity contribution is 6.08. The Bertz CT molecular complexity index is 1090. The van der Waals surface area contributed by atoms with Gasteiger partial charge in [-0.15, -0.1) is 0 Å². The van der Waals surface area contributed by atoms with Crippen LogP contribution in [0.3, 0.4) is 0 Å². The molecular formula is C23H20O4. The van der Waals surface area contributed by atoms with Crippen LogP contribution in [-0.4, -0.2) is 11.9 Å². The second-order valence-corrected chi connectivity index (χ2v) is 6.53. The Morgan fingerprint density at radius 2 is 1.41 bits per heavy atom. The molecular weight excluding hydrogens is 340 g/mol. The van der Waals surface area contributed by atoms with Crippen LogP contribution in [0.15, 0.2) is 72.8 Å². The number of fused-ring (bicyclic) bond motifs is 3. The molecule has 27 heavy (non-hydrogen) atoms. The van der Waals surface area contributed by atoms with Crippen molar-refractivity contribution < 1.29 is 19.1 Å². The van der Waals surface area contributed by atoms with E-state index in [0.29, 0.717) is 16.9 Å². The van der Waals surface area contributed by atoms with Gasteiger partial charge < -0.3 is 9.47 Å². The van der Waals surface area contributed by atoms with Crippen molar-refractivity contribution in [3.63, 3.8) is 0 Å². The van der Waals surface area contributed by atoms with Crippen molar-refractivity contribution in [2.24, 2.45) is 0 Å². The van der Waals surface area contributed by atoms with Crippen LogP contribution in [0.2, 0.25) is 0 Å². The van der Waals surface area contributed by atoms with Crippen LogP contribution < -0.4 is 4.74 Å². The Morgan fingerprint density at radius 1 is 0.815 bits per heavy atom. The summed E-state index contributed by atoms with van der Waals surface area (Å²) >= 11 is 0. The number of hydrogen-bond acceptors (Lipinski definition) is 4. The van der Waals surface area contributed by atoms with Crippen molar-refractivity contribution in [1.29, 1.82) is 0 Å². The first-order valence-electron chi connectivity index (χ1n) is 8.51. The van der Waals surface area contributed by atoms with Crippen LogP contribution in [0.1, 0.15) is 19.4 Å². The third-order valence-electron chi connectivity index (χ3n) is 4.15. The van der Waals surface area contributed by atoms with E-state index in [9.17, 15) is 9.59 Å². The fourth-order valence-corrected chi connectivity index (χ4v) is 2.72. The molecule has 0 aromatic heterocycles. The van der Waals surface area contributed by atoms with Gasteiger partial charge in [0, 0.05) is 11.1 Å². The monoisotopic (exact) mass is 360 g/mol. The van der Waals surface area contributed by atoms with Crippen LogP contribution in [-0.2, 0) is 20.9 Å². The van der Waals surface area contributed by atoms with E-state index in [0.717, 1.165) is 27.1 Å². The molecule has 0 radical (unpaired) electrons. The number of carbonyl (C=O) groups excluding carboxylic acids is 2. The average molecular weight is 360 g/mol. The minimum absolute atomic E-state index is 0.204. The van der Waals surface area contributed by atoms with E-state index >= 15 is 0 Å². The number of carbonyl (C=O) groups is 2. The predicted molar refractivity (Wildman–Crippen MR) is 107 cm³/mol. The normalized spacial score (nSPS) is 10.6. The average Bonchev–Trinajstić information content (AvgIpc) is 2.65. The second kappa shape index (κ2) is 7.46. The third-order valence-corrected chi connectivity index (χ3v) is 4.15. The topological polar surface area (TPSA) is 52.6 Å². The first-order valence-corrected chi connectivity index (χ1v) is 8.51. The van der Waals surface area contributed by atoms with Crippen LogP contribution in [0.4, 0.5) is 0 Å². The Hall–Kier alpha value is -3.40. The summed E-state index contributed by atoms with van der Waals surface area (Å²) in [6.07, 6.45) is 0. The SMILES string of the molecule is C=C(C)C(=O)OCc1ccc2c(ccc3cc(OC(=O)C(=C)C)ccc32)c1. The lowest BCUT2D eigenvalue weighted by atomic mass is 10.00. The first-order chi connectivity index (χ1) is 12.8. The molecule has 0 saturated heterocycles. The number of rotatable bonds is 5. The van der Waals surface area contributed by atoms with Gasteiger partial charge in [0.25, 0.3) is 0 Å². The van der Waals surface area contributed by atoms with Crippen LogP contribution >= 0.6 is 0 Å². The van der Waals surface area contributed by atoms with Crippen LogP contribution in [0, 0.1) is 0 Å². The van der Waals surface area contributed by atoms with E-state index in [1.807, 2.05) is 42.5 Å². The zero-order chi connectivity index (χ0) is 19.6. The molecule has 0 fully saturated rings. The molecule has 3 rings (SSSR count). The maximum atomic E-state index is 11.7. The lowest BCUT2D eigenvalue weighted by molar-refractivity contribution is -0.140. The molecule has 3 aromatic rings. The maximum absolute atomic E-state index is 11.7. The number of esters is 2. The third kappa shape index (κ3) is 4.06. The molecule has 0 aliphatic heterocycles. The van der Waals surface area contributed by atoms with Crippen molar-refractivity contribution >= 4 is 33.5 Å². The highest BCUT2D eigenvalue weighted by Gasteiger charge is 2.09. The zero-order valence-electron chi connectivity index (χ0n) is 15.4. The Labute approximate surface area is 157 Å². The molecule has 0 amide bonds. The van der Waals surface area contributed by atoms with Gasteiger partial charge in [0.1, 0.15) is 12.4 Å². The van der Waals surface area contributed by atoms with E-state index in [4.69, 9.17) is 9.47 Å². The standard InChI is InChI=1S/C23H20O4/c1-14(2)22(24)26-13-16-5-9-20-17(11-16)6-7-18-12-19(8-10-21(18)20)27-23(25)15(3)4/h5-12H,1,3,13H2,2,4H3. The predicted octanol–water partition coefficient (Wildman–Crippen LogP) is 5.09. The fraction of sp³-hybridized carbons (Fsp3) is 0.130. The molecule has 0 aliphatic rings. The van der Waals surface area contributed by atoms with E-state index in [1.54, 1.807) is 19.9 Å². The van der Waals surface area contributed by atoms with Gasteiger partial charge in [0.2, 0.25) is 0 Å². The molecule has 0 heterocycles. The molecule has 0 spiro atoms. The first kappa shape index (κ1) is 18.4. The zero-order valence-corrected chi connectivity index (χ0v) is 15.4. The molecule has 0 aliphatic carbocycles. The van der Waals surface area contributed by atoms with Gasteiger partial charge in [-0.3, -0.25) is 0 Å². The van der Waals surface area contributed by atoms with Crippen molar-refractivity contribution in [3.8, 4) is 5.75 Å². The summed E-state index contributed by atoms with van der Waals surface area (Å²) in [5.74, 6) is -0.354. The minimum atomic E-state index is -0.441. The van der Waals surface area contributed by atoms with Gasteiger partial charge in [0.05, 0.1) is 0 Å². The lowest BCUT2D eigenvalue weighted by Crippen LogP contribution is -2.07. The summed E-state index contributed by atoms with van der Waals surface area (Å²) in [7, 11) is 0. The molecule has 0 N–H and O–H groups in total. The van der Waals surface area contributed by atoms with Gasteiger partial charge in [-0.05, 0) is 59.2 Å². The van der Waals surface area contributed by atoms with E-state index in [2.05, 4.69) is 13.2 Å². The van der Waals surface area contributed by atoms with Gasteiger partial charge in [-0.25, -0.2) is 9.59 Å². The van der Waals surface area contributed by atoms with Crippen molar-refractivity contribution in [3.05, 3.63) is 78.4 Å². The summed E-state index contributed by atoms with van der Waals surface area (Å²) in [5, 5.41) is 4.13. The fourth-order valence-electron chi connectivity index (χ4n) is 2.72.